The lowest BCUT2D eigenvalue weighted by Crippen LogP contribution is -2.35. The van der Waals surface area contributed by atoms with E-state index >= 15 is 0 Å². The quantitative estimate of drug-likeness (QED) is 0.632. The summed E-state index contributed by atoms with van der Waals surface area (Å²) in [5.41, 5.74) is 2.57. The van der Waals surface area contributed by atoms with Gasteiger partial charge < -0.3 is 10.1 Å². The Morgan fingerprint density at radius 2 is 2.11 bits per heavy atom. The molecule has 1 aromatic carbocycles. The third-order valence-corrected chi connectivity index (χ3v) is 3.17. The summed E-state index contributed by atoms with van der Waals surface area (Å²) in [5.74, 6) is 0. The van der Waals surface area contributed by atoms with Crippen molar-refractivity contribution in [3.05, 3.63) is 46.5 Å². The summed E-state index contributed by atoms with van der Waals surface area (Å²) in [5, 5.41) is 3.47. The van der Waals surface area contributed by atoms with E-state index in [1.54, 1.807) is 6.08 Å². The molecule has 0 heterocycles. The minimum Gasteiger partial charge on any atom is -0.373 e. The Morgan fingerprint density at radius 1 is 1.39 bits per heavy atom. The van der Waals surface area contributed by atoms with Crippen molar-refractivity contribution >= 4 is 15.9 Å². The van der Waals surface area contributed by atoms with E-state index < -0.39 is 0 Å². The SMILES string of the molecule is C=CCOCc1ccc(CNC(C)(C)C)cc1Br. The van der Waals surface area contributed by atoms with Gasteiger partial charge in [-0.2, -0.15) is 0 Å². The molecule has 1 N–H and O–H groups in total. The zero-order chi connectivity index (χ0) is 13.6. The van der Waals surface area contributed by atoms with E-state index in [2.05, 4.69) is 66.8 Å². The van der Waals surface area contributed by atoms with Crippen LogP contribution in [-0.2, 0) is 17.9 Å². The van der Waals surface area contributed by atoms with Gasteiger partial charge in [-0.15, -0.1) is 6.58 Å². The highest BCUT2D eigenvalue weighted by Gasteiger charge is 2.09. The van der Waals surface area contributed by atoms with E-state index in [1.165, 1.54) is 5.56 Å². The lowest BCUT2D eigenvalue weighted by atomic mass is 10.1. The molecule has 100 valence electrons. The van der Waals surface area contributed by atoms with E-state index in [-0.39, 0.29) is 5.54 Å². The molecule has 0 fully saturated rings. The molecular formula is C15H22BrNO. The predicted octanol–water partition coefficient (Wildman–Crippen LogP) is 4.04. The molecule has 2 nitrogen and oxygen atoms in total. The van der Waals surface area contributed by atoms with Gasteiger partial charge in [-0.25, -0.2) is 0 Å². The van der Waals surface area contributed by atoms with Gasteiger partial charge >= 0.3 is 0 Å². The van der Waals surface area contributed by atoms with Crippen LogP contribution in [0.25, 0.3) is 0 Å². The number of nitrogens with one attached hydrogen (secondary N) is 1. The van der Waals surface area contributed by atoms with Gasteiger partial charge in [0.25, 0.3) is 0 Å². The molecule has 0 saturated carbocycles. The Morgan fingerprint density at radius 3 is 2.67 bits per heavy atom. The highest BCUT2D eigenvalue weighted by atomic mass is 79.9. The van der Waals surface area contributed by atoms with Crippen molar-refractivity contribution in [2.45, 2.75) is 39.5 Å². The first kappa shape index (κ1) is 15.4. The Bertz CT molecular complexity index is 396. The smallest absolute Gasteiger partial charge is 0.0732 e. The zero-order valence-electron chi connectivity index (χ0n) is 11.4. The molecule has 0 bridgehead atoms. The first-order valence-electron chi connectivity index (χ1n) is 6.13. The largest absolute Gasteiger partial charge is 0.373 e. The lowest BCUT2D eigenvalue weighted by Gasteiger charge is -2.20. The maximum atomic E-state index is 5.44. The van der Waals surface area contributed by atoms with Crippen molar-refractivity contribution in [3.63, 3.8) is 0 Å². The molecule has 0 aliphatic rings. The van der Waals surface area contributed by atoms with Crippen molar-refractivity contribution in [2.75, 3.05) is 6.61 Å². The number of hydrogen-bond donors (Lipinski definition) is 1. The lowest BCUT2D eigenvalue weighted by molar-refractivity contribution is 0.148. The molecule has 18 heavy (non-hydrogen) atoms. The topological polar surface area (TPSA) is 21.3 Å². The van der Waals surface area contributed by atoms with E-state index in [1.807, 2.05) is 0 Å². The number of halogens is 1. The molecule has 0 aromatic heterocycles. The van der Waals surface area contributed by atoms with Crippen LogP contribution < -0.4 is 5.32 Å². The number of benzene rings is 1. The molecule has 1 aromatic rings. The van der Waals surface area contributed by atoms with Crippen LogP contribution in [0.1, 0.15) is 31.9 Å². The van der Waals surface area contributed by atoms with Crippen LogP contribution in [0.2, 0.25) is 0 Å². The molecule has 0 atom stereocenters. The normalized spacial score (nSPS) is 11.6. The second kappa shape index (κ2) is 7.07. The van der Waals surface area contributed by atoms with E-state index in [0.717, 1.165) is 16.6 Å². The van der Waals surface area contributed by atoms with Crippen LogP contribution in [0.3, 0.4) is 0 Å². The van der Waals surface area contributed by atoms with E-state index in [9.17, 15) is 0 Å². The second-order valence-electron chi connectivity index (χ2n) is 5.33. The zero-order valence-corrected chi connectivity index (χ0v) is 13.0. The van der Waals surface area contributed by atoms with Gasteiger partial charge in [-0.1, -0.05) is 34.1 Å². The number of hydrogen-bond acceptors (Lipinski definition) is 2. The highest BCUT2D eigenvalue weighted by molar-refractivity contribution is 9.10. The van der Waals surface area contributed by atoms with Crippen LogP contribution in [0.15, 0.2) is 35.3 Å². The van der Waals surface area contributed by atoms with Crippen LogP contribution in [0.5, 0.6) is 0 Å². The standard InChI is InChI=1S/C15H22BrNO/c1-5-8-18-11-13-7-6-12(9-14(13)16)10-17-15(2,3)4/h5-7,9,17H,1,8,10-11H2,2-4H3. The first-order valence-corrected chi connectivity index (χ1v) is 6.92. The Kier molecular flexibility index (Phi) is 6.06. The Balaban J connectivity index is 2.58. The van der Waals surface area contributed by atoms with Crippen LogP contribution in [0.4, 0.5) is 0 Å². The van der Waals surface area contributed by atoms with Crippen LogP contribution in [-0.4, -0.2) is 12.1 Å². The fourth-order valence-corrected chi connectivity index (χ4v) is 1.98. The monoisotopic (exact) mass is 311 g/mol. The van der Waals surface area contributed by atoms with Crippen molar-refractivity contribution < 1.29 is 4.74 Å². The summed E-state index contributed by atoms with van der Waals surface area (Å²) >= 11 is 3.59. The molecule has 0 aliphatic carbocycles. The third-order valence-electron chi connectivity index (χ3n) is 2.43. The molecule has 0 aliphatic heterocycles. The average molecular weight is 312 g/mol. The summed E-state index contributed by atoms with van der Waals surface area (Å²) in [7, 11) is 0. The predicted molar refractivity (Wildman–Crippen MR) is 80.6 cm³/mol. The average Bonchev–Trinajstić information content (AvgIpc) is 2.28. The molecule has 3 heteroatoms. The molecule has 0 spiro atoms. The molecule has 0 radical (unpaired) electrons. The first-order chi connectivity index (χ1) is 8.42. The summed E-state index contributed by atoms with van der Waals surface area (Å²) < 4.78 is 6.54. The third kappa shape index (κ3) is 5.80. The van der Waals surface area contributed by atoms with Gasteiger partial charge in [0.15, 0.2) is 0 Å². The van der Waals surface area contributed by atoms with Gasteiger partial charge in [0, 0.05) is 16.6 Å². The van der Waals surface area contributed by atoms with E-state index in [4.69, 9.17) is 4.74 Å². The van der Waals surface area contributed by atoms with Gasteiger partial charge in [0.05, 0.1) is 13.2 Å². The highest BCUT2D eigenvalue weighted by Crippen LogP contribution is 2.20. The van der Waals surface area contributed by atoms with Crippen molar-refractivity contribution in [2.24, 2.45) is 0 Å². The Hall–Kier alpha value is -0.640. The fraction of sp³-hybridized carbons (Fsp3) is 0.467. The van der Waals surface area contributed by atoms with Gasteiger partial charge in [0.2, 0.25) is 0 Å². The minimum atomic E-state index is 0.137. The van der Waals surface area contributed by atoms with Gasteiger partial charge in [-0.3, -0.25) is 0 Å². The molecule has 1 rings (SSSR count). The Labute approximate surface area is 119 Å². The summed E-state index contributed by atoms with van der Waals surface area (Å²) in [6.45, 7) is 12.2. The second-order valence-corrected chi connectivity index (χ2v) is 6.19. The molecular weight excluding hydrogens is 290 g/mol. The van der Waals surface area contributed by atoms with Crippen molar-refractivity contribution in [1.82, 2.24) is 5.32 Å². The summed E-state index contributed by atoms with van der Waals surface area (Å²) in [4.78, 5) is 0. The summed E-state index contributed by atoms with van der Waals surface area (Å²) in [6, 6.07) is 6.38. The van der Waals surface area contributed by atoms with Crippen molar-refractivity contribution in [1.29, 1.82) is 0 Å². The fourth-order valence-electron chi connectivity index (χ4n) is 1.44. The minimum absolute atomic E-state index is 0.137. The van der Waals surface area contributed by atoms with Gasteiger partial charge in [0.1, 0.15) is 0 Å². The van der Waals surface area contributed by atoms with E-state index in [0.29, 0.717) is 13.2 Å². The number of rotatable bonds is 6. The van der Waals surface area contributed by atoms with Gasteiger partial charge in [-0.05, 0) is 38.0 Å². The number of ether oxygens (including phenoxy) is 1. The summed E-state index contributed by atoms with van der Waals surface area (Å²) in [6.07, 6.45) is 1.76. The van der Waals surface area contributed by atoms with Crippen LogP contribution in [0, 0.1) is 0 Å². The van der Waals surface area contributed by atoms with Crippen LogP contribution >= 0.6 is 15.9 Å². The maximum absolute atomic E-state index is 5.44. The molecule has 0 amide bonds. The maximum Gasteiger partial charge on any atom is 0.0732 e. The molecule has 0 saturated heterocycles. The van der Waals surface area contributed by atoms with Crippen molar-refractivity contribution in [3.8, 4) is 0 Å². The molecule has 0 unspecified atom stereocenters.